The number of hydrogen-bond acceptors (Lipinski definition) is 2. The van der Waals surface area contributed by atoms with E-state index in [0.29, 0.717) is 6.04 Å². The summed E-state index contributed by atoms with van der Waals surface area (Å²) >= 11 is 1.42. The standard InChI is InChI=1S/C21H28F3NS/c1-4-6-16(3)20(13-5-2)14-11-18(12-15-20)25-26-19-9-7-17(8-10-19)21(22,23)24/h5,7-10,18,25H,2-4,6,11-15H2,1H3. The van der Waals surface area contributed by atoms with Crippen LogP contribution in [0.5, 0.6) is 0 Å². The number of allylic oxidation sites excluding steroid dienone is 2. The van der Waals surface area contributed by atoms with Crippen molar-refractivity contribution in [1.82, 2.24) is 4.72 Å². The smallest absolute Gasteiger partial charge is 0.257 e. The molecule has 0 bridgehead atoms. The van der Waals surface area contributed by atoms with Gasteiger partial charge >= 0.3 is 6.18 Å². The maximum absolute atomic E-state index is 12.6. The van der Waals surface area contributed by atoms with E-state index in [-0.39, 0.29) is 5.41 Å². The molecule has 0 aliphatic heterocycles. The Bertz CT molecular complexity index is 599. The van der Waals surface area contributed by atoms with Gasteiger partial charge in [-0.2, -0.15) is 13.2 Å². The molecule has 0 aromatic heterocycles. The van der Waals surface area contributed by atoms with Crippen molar-refractivity contribution >= 4 is 11.9 Å². The van der Waals surface area contributed by atoms with Crippen molar-refractivity contribution in [3.8, 4) is 0 Å². The van der Waals surface area contributed by atoms with E-state index in [9.17, 15) is 13.2 Å². The van der Waals surface area contributed by atoms with E-state index in [2.05, 4.69) is 24.8 Å². The van der Waals surface area contributed by atoms with Gasteiger partial charge in [0.05, 0.1) is 5.56 Å². The van der Waals surface area contributed by atoms with Crippen molar-refractivity contribution in [2.24, 2.45) is 5.41 Å². The van der Waals surface area contributed by atoms with E-state index >= 15 is 0 Å². The lowest BCUT2D eigenvalue weighted by Gasteiger charge is -2.41. The molecule has 1 N–H and O–H groups in total. The number of halogens is 3. The van der Waals surface area contributed by atoms with Gasteiger partial charge in [0.25, 0.3) is 0 Å². The van der Waals surface area contributed by atoms with E-state index in [1.165, 1.54) is 29.7 Å². The molecule has 1 aromatic rings. The summed E-state index contributed by atoms with van der Waals surface area (Å²) < 4.78 is 41.3. The highest BCUT2D eigenvalue weighted by Gasteiger charge is 2.36. The van der Waals surface area contributed by atoms with Crippen LogP contribution in [0.2, 0.25) is 0 Å². The van der Waals surface area contributed by atoms with Crippen LogP contribution in [-0.2, 0) is 6.18 Å². The SMILES string of the molecule is C=CCC1(C(=C)CCC)CCC(NSc2ccc(C(F)(F)F)cc2)CC1. The third-order valence-corrected chi connectivity index (χ3v) is 6.26. The molecule has 1 aromatic carbocycles. The molecular formula is C21H28F3NS. The van der Waals surface area contributed by atoms with Crippen molar-refractivity contribution in [3.05, 3.63) is 54.6 Å². The fourth-order valence-electron chi connectivity index (χ4n) is 3.70. The third-order valence-electron chi connectivity index (χ3n) is 5.30. The highest BCUT2D eigenvalue weighted by Crippen LogP contribution is 2.46. The summed E-state index contributed by atoms with van der Waals surface area (Å²) in [5, 5.41) is 0. The van der Waals surface area contributed by atoms with E-state index in [1.807, 2.05) is 6.08 Å². The predicted molar refractivity (Wildman–Crippen MR) is 104 cm³/mol. The van der Waals surface area contributed by atoms with Crippen molar-refractivity contribution < 1.29 is 13.2 Å². The average molecular weight is 384 g/mol. The Hall–Kier alpha value is -1.20. The fraction of sp³-hybridized carbons (Fsp3) is 0.524. The van der Waals surface area contributed by atoms with Gasteiger partial charge in [-0.05, 0) is 80.2 Å². The molecule has 0 atom stereocenters. The number of hydrogen-bond donors (Lipinski definition) is 1. The molecule has 144 valence electrons. The summed E-state index contributed by atoms with van der Waals surface area (Å²) in [5.41, 5.74) is 0.909. The molecule has 1 aliphatic carbocycles. The zero-order valence-electron chi connectivity index (χ0n) is 15.4. The van der Waals surface area contributed by atoms with Crippen LogP contribution in [0, 0.1) is 5.41 Å². The highest BCUT2D eigenvalue weighted by atomic mass is 32.2. The molecule has 0 unspecified atom stereocenters. The first-order chi connectivity index (χ1) is 12.3. The Morgan fingerprint density at radius 1 is 1.27 bits per heavy atom. The van der Waals surface area contributed by atoms with Crippen LogP contribution in [-0.4, -0.2) is 6.04 Å². The summed E-state index contributed by atoms with van der Waals surface area (Å²) in [6.45, 7) is 10.4. The molecule has 0 radical (unpaired) electrons. The van der Waals surface area contributed by atoms with E-state index < -0.39 is 11.7 Å². The normalized spacial score (nSPS) is 23.6. The lowest BCUT2D eigenvalue weighted by molar-refractivity contribution is -0.137. The lowest BCUT2D eigenvalue weighted by Crippen LogP contribution is -2.35. The molecule has 5 heteroatoms. The fourth-order valence-corrected chi connectivity index (χ4v) is 4.51. The summed E-state index contributed by atoms with van der Waals surface area (Å²) in [4.78, 5) is 0.802. The minimum atomic E-state index is -4.28. The van der Waals surface area contributed by atoms with Gasteiger partial charge < -0.3 is 0 Å². The minimum Gasteiger partial charge on any atom is -0.257 e. The summed E-state index contributed by atoms with van der Waals surface area (Å²) in [5.74, 6) is 0. The third kappa shape index (κ3) is 5.40. The van der Waals surface area contributed by atoms with Crippen molar-refractivity contribution in [1.29, 1.82) is 0 Å². The Balaban J connectivity index is 1.88. The van der Waals surface area contributed by atoms with Crippen LogP contribution in [0.15, 0.2) is 54.0 Å². The number of nitrogens with one attached hydrogen (secondary N) is 1. The monoisotopic (exact) mass is 383 g/mol. The van der Waals surface area contributed by atoms with Gasteiger partial charge in [-0.3, -0.25) is 4.72 Å². The second kappa shape index (κ2) is 9.14. The maximum Gasteiger partial charge on any atom is 0.416 e. The van der Waals surface area contributed by atoms with Gasteiger partial charge in [-0.25, -0.2) is 0 Å². The quantitative estimate of drug-likeness (QED) is 0.377. The van der Waals surface area contributed by atoms with Crippen LogP contribution in [0.4, 0.5) is 13.2 Å². The van der Waals surface area contributed by atoms with Gasteiger partial charge in [-0.1, -0.05) is 31.6 Å². The van der Waals surface area contributed by atoms with E-state index in [0.717, 1.165) is 62.0 Å². The average Bonchev–Trinajstić information content (AvgIpc) is 2.61. The topological polar surface area (TPSA) is 12.0 Å². The van der Waals surface area contributed by atoms with Gasteiger partial charge in [0, 0.05) is 10.9 Å². The zero-order chi connectivity index (χ0) is 19.2. The number of alkyl halides is 3. The molecule has 26 heavy (non-hydrogen) atoms. The first-order valence-electron chi connectivity index (χ1n) is 9.19. The van der Waals surface area contributed by atoms with Crippen molar-refractivity contribution in [3.63, 3.8) is 0 Å². The molecule has 1 aliphatic rings. The summed E-state index contributed by atoms with van der Waals surface area (Å²) in [6.07, 6.45) is 5.14. The van der Waals surface area contributed by atoms with Crippen molar-refractivity contribution in [2.45, 2.75) is 69.0 Å². The first kappa shape index (κ1) is 21.1. The molecule has 0 heterocycles. The Kier molecular flexibility index (Phi) is 7.42. The van der Waals surface area contributed by atoms with Gasteiger partial charge in [-0.15, -0.1) is 6.58 Å². The summed E-state index contributed by atoms with van der Waals surface area (Å²) in [6, 6.07) is 5.68. The van der Waals surface area contributed by atoms with Gasteiger partial charge in [0.1, 0.15) is 0 Å². The Morgan fingerprint density at radius 2 is 1.88 bits per heavy atom. The predicted octanol–water partition coefficient (Wildman–Crippen LogP) is 7.16. The van der Waals surface area contributed by atoms with Crippen LogP contribution in [0.25, 0.3) is 0 Å². The highest BCUT2D eigenvalue weighted by molar-refractivity contribution is 7.97. The van der Waals surface area contributed by atoms with E-state index in [1.54, 1.807) is 0 Å². The molecule has 1 saturated carbocycles. The molecule has 0 amide bonds. The molecule has 0 spiro atoms. The van der Waals surface area contributed by atoms with Crippen LogP contribution in [0.3, 0.4) is 0 Å². The number of benzene rings is 1. The maximum atomic E-state index is 12.6. The van der Waals surface area contributed by atoms with Crippen LogP contribution < -0.4 is 4.72 Å². The molecule has 2 rings (SSSR count). The number of rotatable bonds is 8. The second-order valence-electron chi connectivity index (χ2n) is 7.14. The van der Waals surface area contributed by atoms with Gasteiger partial charge in [0.15, 0.2) is 0 Å². The van der Waals surface area contributed by atoms with E-state index in [4.69, 9.17) is 0 Å². The molecule has 0 saturated heterocycles. The Morgan fingerprint density at radius 3 is 2.38 bits per heavy atom. The summed E-state index contributed by atoms with van der Waals surface area (Å²) in [7, 11) is 0. The minimum absolute atomic E-state index is 0.176. The lowest BCUT2D eigenvalue weighted by atomic mass is 9.65. The largest absolute Gasteiger partial charge is 0.416 e. The molecule has 1 fully saturated rings. The Labute approximate surface area is 159 Å². The van der Waals surface area contributed by atoms with Crippen LogP contribution in [0.1, 0.15) is 57.4 Å². The first-order valence-corrected chi connectivity index (χ1v) is 10.0. The van der Waals surface area contributed by atoms with Gasteiger partial charge in [0.2, 0.25) is 0 Å². The van der Waals surface area contributed by atoms with Crippen molar-refractivity contribution in [2.75, 3.05) is 0 Å². The molecular weight excluding hydrogens is 355 g/mol. The second-order valence-corrected chi connectivity index (χ2v) is 8.05. The molecule has 1 nitrogen and oxygen atoms in total. The van der Waals surface area contributed by atoms with Crippen LogP contribution >= 0.6 is 11.9 Å². The zero-order valence-corrected chi connectivity index (χ0v) is 16.2.